The van der Waals surface area contributed by atoms with Crippen molar-refractivity contribution in [3.63, 3.8) is 0 Å². The first kappa shape index (κ1) is 16.8. The maximum atomic E-state index is 12.4. The number of amidine groups is 1. The molecule has 1 aromatic rings. The monoisotopic (exact) mass is 341 g/mol. The van der Waals surface area contributed by atoms with Crippen LogP contribution in [0, 0.1) is 11.3 Å². The van der Waals surface area contributed by atoms with Crippen LogP contribution in [-0.2, 0) is 16.0 Å². The minimum absolute atomic E-state index is 0.234. The van der Waals surface area contributed by atoms with Crippen LogP contribution in [0.15, 0.2) is 41.2 Å². The third-order valence-corrected chi connectivity index (χ3v) is 4.13. The number of rotatable bonds is 5. The van der Waals surface area contributed by atoms with Gasteiger partial charge in [-0.25, -0.2) is 9.79 Å². The van der Waals surface area contributed by atoms with Crippen molar-refractivity contribution in [2.45, 2.75) is 19.1 Å². The van der Waals surface area contributed by atoms with Crippen molar-refractivity contribution in [1.29, 1.82) is 5.26 Å². The largest absolute Gasteiger partial charge is 0.463 e. The first-order chi connectivity index (χ1) is 12.1. The molecule has 0 spiro atoms. The summed E-state index contributed by atoms with van der Waals surface area (Å²) in [5.41, 5.74) is 1.27. The molecule has 1 atom stereocenters. The Labute approximate surface area is 145 Å². The van der Waals surface area contributed by atoms with Crippen molar-refractivity contribution < 1.29 is 14.3 Å². The summed E-state index contributed by atoms with van der Waals surface area (Å²) in [4.78, 5) is 18.6. The first-order valence-corrected chi connectivity index (χ1v) is 7.83. The number of fused-ring (bicyclic) bond motifs is 1. The van der Waals surface area contributed by atoms with Crippen LogP contribution < -0.4 is 10.6 Å². The fraction of sp³-hybridized carbons (Fsp3) is 0.353. The summed E-state index contributed by atoms with van der Waals surface area (Å²) < 4.78 is 10.5. The molecule has 130 valence electrons. The molecule has 3 rings (SSSR count). The fourth-order valence-electron chi connectivity index (χ4n) is 2.69. The minimum Gasteiger partial charge on any atom is -0.463 e. The molecule has 1 unspecified atom stereocenters. The van der Waals surface area contributed by atoms with Crippen LogP contribution in [0.25, 0.3) is 0 Å². The zero-order valence-corrected chi connectivity index (χ0v) is 14.1. The van der Waals surface area contributed by atoms with Crippen LogP contribution in [0.5, 0.6) is 0 Å². The highest BCUT2D eigenvalue weighted by Crippen LogP contribution is 2.33. The number of aliphatic imine (C=N–C) groups is 1. The van der Waals surface area contributed by atoms with Gasteiger partial charge in [0.25, 0.3) is 6.02 Å². The topological polar surface area (TPSA) is 99.0 Å². The molecule has 0 aliphatic carbocycles. The van der Waals surface area contributed by atoms with E-state index in [1.54, 1.807) is 30.3 Å². The van der Waals surface area contributed by atoms with E-state index in [1.165, 1.54) is 0 Å². The number of nitriles is 1. The lowest BCUT2D eigenvalue weighted by Gasteiger charge is -2.33. The molecule has 0 radical (unpaired) electrons. The summed E-state index contributed by atoms with van der Waals surface area (Å²) in [6, 6.07) is 9.30. The maximum absolute atomic E-state index is 12.4. The summed E-state index contributed by atoms with van der Waals surface area (Å²) in [5, 5.41) is 14.6. The Morgan fingerprint density at radius 3 is 2.76 bits per heavy atom. The van der Waals surface area contributed by atoms with E-state index < -0.39 is 5.66 Å². The maximum Gasteiger partial charge on any atom is 0.324 e. The number of methoxy groups -OCH3 is 1. The van der Waals surface area contributed by atoms with Crippen LogP contribution in [0.4, 0.5) is 4.79 Å². The fourth-order valence-corrected chi connectivity index (χ4v) is 2.69. The van der Waals surface area contributed by atoms with Gasteiger partial charge in [-0.3, -0.25) is 4.90 Å². The lowest BCUT2D eigenvalue weighted by molar-refractivity contribution is 0.133. The number of hydrogen-bond donors (Lipinski definition) is 2. The molecule has 0 saturated carbocycles. The van der Waals surface area contributed by atoms with Crippen molar-refractivity contribution >= 4 is 12.1 Å². The Morgan fingerprint density at radius 2 is 2.08 bits per heavy atom. The second-order valence-corrected chi connectivity index (χ2v) is 5.81. The van der Waals surface area contributed by atoms with E-state index >= 15 is 0 Å². The van der Waals surface area contributed by atoms with Gasteiger partial charge >= 0.3 is 6.03 Å². The standard InChI is InChI=1S/C17H19N5O3/c1-17-14(10-19-15(21-17)25-8-7-24-2)20-16(23)22(17)11-13-5-3-12(9-18)4-6-13/h3-6,10H,7-8,11H2,1-2H3,(H,19,21)(H,20,23). The zero-order chi connectivity index (χ0) is 17.9. The van der Waals surface area contributed by atoms with Crippen LogP contribution in [0.1, 0.15) is 18.1 Å². The summed E-state index contributed by atoms with van der Waals surface area (Å²) in [7, 11) is 1.59. The highest BCUT2D eigenvalue weighted by molar-refractivity contribution is 5.85. The van der Waals surface area contributed by atoms with E-state index in [9.17, 15) is 4.79 Å². The molecule has 1 saturated heterocycles. The highest BCUT2D eigenvalue weighted by Gasteiger charge is 2.48. The van der Waals surface area contributed by atoms with Gasteiger partial charge in [0.2, 0.25) is 0 Å². The average molecular weight is 341 g/mol. The Bertz CT molecular complexity index is 765. The third-order valence-electron chi connectivity index (χ3n) is 4.13. The van der Waals surface area contributed by atoms with Gasteiger partial charge in [0.05, 0.1) is 30.5 Å². The first-order valence-electron chi connectivity index (χ1n) is 7.83. The summed E-state index contributed by atoms with van der Waals surface area (Å²) in [6.45, 7) is 3.01. The molecule has 0 bridgehead atoms. The number of nitrogens with one attached hydrogen (secondary N) is 2. The zero-order valence-electron chi connectivity index (χ0n) is 14.1. The van der Waals surface area contributed by atoms with Gasteiger partial charge in [-0.15, -0.1) is 0 Å². The van der Waals surface area contributed by atoms with E-state index in [1.807, 2.05) is 19.1 Å². The summed E-state index contributed by atoms with van der Waals surface area (Å²) in [6.07, 6.45) is 1.69. The molecule has 2 aliphatic rings. The normalized spacial score (nSPS) is 21.5. The molecule has 0 aromatic heterocycles. The number of ether oxygens (including phenoxy) is 2. The molecule has 8 heteroatoms. The molecule has 2 heterocycles. The van der Waals surface area contributed by atoms with Crippen LogP contribution in [0.3, 0.4) is 0 Å². The lowest BCUT2D eigenvalue weighted by Crippen LogP contribution is -2.46. The highest BCUT2D eigenvalue weighted by atomic mass is 16.5. The number of benzene rings is 1. The quantitative estimate of drug-likeness (QED) is 0.786. The van der Waals surface area contributed by atoms with Gasteiger partial charge in [-0.1, -0.05) is 12.1 Å². The van der Waals surface area contributed by atoms with E-state index in [0.717, 1.165) is 5.56 Å². The lowest BCUT2D eigenvalue weighted by atomic mass is 10.1. The van der Waals surface area contributed by atoms with Crippen molar-refractivity contribution in [1.82, 2.24) is 15.5 Å². The number of amides is 2. The van der Waals surface area contributed by atoms with Crippen LogP contribution in [0.2, 0.25) is 0 Å². The Morgan fingerprint density at radius 1 is 1.32 bits per heavy atom. The van der Waals surface area contributed by atoms with E-state index in [0.29, 0.717) is 37.0 Å². The Hall–Kier alpha value is -3.05. The molecule has 2 amide bonds. The number of carbonyl (C=O) groups excluding carboxylic acids is 1. The van der Waals surface area contributed by atoms with Crippen LogP contribution >= 0.6 is 0 Å². The molecule has 1 fully saturated rings. The van der Waals surface area contributed by atoms with Crippen molar-refractivity contribution in [3.05, 3.63) is 47.3 Å². The molecule has 8 nitrogen and oxygen atoms in total. The van der Waals surface area contributed by atoms with Crippen LogP contribution in [-0.4, -0.2) is 42.9 Å². The predicted molar refractivity (Wildman–Crippen MR) is 90.1 cm³/mol. The molecular weight excluding hydrogens is 322 g/mol. The minimum atomic E-state index is -0.876. The second kappa shape index (κ2) is 6.83. The molecule has 1 aromatic carbocycles. The molecule has 2 aliphatic heterocycles. The number of carbonyl (C=O) groups is 1. The number of nitrogens with zero attached hydrogens (tertiary/aromatic N) is 3. The van der Waals surface area contributed by atoms with Crippen molar-refractivity contribution in [3.8, 4) is 6.07 Å². The third kappa shape index (κ3) is 3.27. The number of hydrogen-bond acceptors (Lipinski definition) is 6. The van der Waals surface area contributed by atoms with Gasteiger partial charge in [0, 0.05) is 13.3 Å². The second-order valence-electron chi connectivity index (χ2n) is 5.81. The van der Waals surface area contributed by atoms with Gasteiger partial charge in [-0.05, 0) is 24.6 Å². The SMILES string of the molecule is COCCOC1=NC2(C)C(=CN1)NC(=O)N2Cc1ccc(C#N)cc1. The van der Waals surface area contributed by atoms with Crippen molar-refractivity contribution in [2.24, 2.45) is 4.99 Å². The van der Waals surface area contributed by atoms with Gasteiger partial charge < -0.3 is 20.1 Å². The Kier molecular flexibility index (Phi) is 4.59. The smallest absolute Gasteiger partial charge is 0.324 e. The Balaban J connectivity index is 1.80. The van der Waals surface area contributed by atoms with E-state index in [4.69, 9.17) is 14.7 Å². The van der Waals surface area contributed by atoms with Gasteiger partial charge in [0.15, 0.2) is 5.66 Å². The average Bonchev–Trinajstić information content (AvgIpc) is 2.86. The van der Waals surface area contributed by atoms with Gasteiger partial charge in [0.1, 0.15) is 6.61 Å². The molecular formula is C17H19N5O3. The predicted octanol–water partition coefficient (Wildman–Crippen LogP) is 1.26. The van der Waals surface area contributed by atoms with Gasteiger partial charge in [-0.2, -0.15) is 5.26 Å². The van der Waals surface area contributed by atoms with Crippen molar-refractivity contribution in [2.75, 3.05) is 20.3 Å². The summed E-state index contributed by atoms with van der Waals surface area (Å²) in [5.74, 6) is 0. The number of urea groups is 1. The van der Waals surface area contributed by atoms with E-state index in [2.05, 4.69) is 21.7 Å². The van der Waals surface area contributed by atoms with E-state index in [-0.39, 0.29) is 6.03 Å². The summed E-state index contributed by atoms with van der Waals surface area (Å²) >= 11 is 0. The molecule has 25 heavy (non-hydrogen) atoms. The molecule has 2 N–H and O–H groups in total.